The van der Waals surface area contributed by atoms with Crippen LogP contribution in [0.4, 0.5) is 5.69 Å². The van der Waals surface area contributed by atoms with Crippen molar-refractivity contribution in [2.24, 2.45) is 18.5 Å². The van der Waals surface area contributed by atoms with Crippen LogP contribution in [0, 0.1) is 6.92 Å². The second-order valence-corrected chi connectivity index (χ2v) is 7.62. The highest BCUT2D eigenvalue weighted by Gasteiger charge is 2.16. The van der Waals surface area contributed by atoms with Gasteiger partial charge >= 0.3 is 0 Å². The Morgan fingerprint density at radius 1 is 1.09 bits per heavy atom. The van der Waals surface area contributed by atoms with Gasteiger partial charge in [-0.2, -0.15) is 0 Å². The van der Waals surface area contributed by atoms with E-state index in [4.69, 9.17) is 16.5 Å². The summed E-state index contributed by atoms with van der Waals surface area (Å²) in [7, 11) is 2.05. The number of anilines is 1. The van der Waals surface area contributed by atoms with Crippen LogP contribution in [-0.4, -0.2) is 28.0 Å². The summed E-state index contributed by atoms with van der Waals surface area (Å²) in [4.78, 5) is 17.3. The minimum absolute atomic E-state index is 0. The SMILES string of the molecule is Cc1c2cc(NC(=O)[C@@H](N)CCCCN)ccc2nc2c1c1ccccc1n2C.Cl.Cl.Cl. The molecule has 0 unspecified atom stereocenters. The van der Waals surface area contributed by atoms with Gasteiger partial charge in [-0.05, 0) is 56.1 Å². The van der Waals surface area contributed by atoms with E-state index < -0.39 is 6.04 Å². The third kappa shape index (κ3) is 5.11. The smallest absolute Gasteiger partial charge is 0.241 e. The highest BCUT2D eigenvalue weighted by atomic mass is 35.5. The van der Waals surface area contributed by atoms with E-state index >= 15 is 0 Å². The molecule has 2 aromatic heterocycles. The first-order valence-electron chi connectivity index (χ1n) is 10.0. The molecule has 5 N–H and O–H groups in total. The van der Waals surface area contributed by atoms with Crippen LogP contribution in [0.2, 0.25) is 0 Å². The Bertz CT molecular complexity index is 1220. The summed E-state index contributed by atoms with van der Waals surface area (Å²) < 4.78 is 2.13. The summed E-state index contributed by atoms with van der Waals surface area (Å²) in [5.41, 5.74) is 16.5. The number of aryl methyl sites for hydroxylation is 2. The number of carbonyl (C=O) groups is 1. The maximum Gasteiger partial charge on any atom is 0.241 e. The first-order chi connectivity index (χ1) is 14.0. The van der Waals surface area contributed by atoms with Gasteiger partial charge < -0.3 is 21.4 Å². The lowest BCUT2D eigenvalue weighted by molar-refractivity contribution is -0.117. The van der Waals surface area contributed by atoms with Crippen LogP contribution >= 0.6 is 37.2 Å². The van der Waals surface area contributed by atoms with Crippen LogP contribution in [0.15, 0.2) is 42.5 Å². The average molecular weight is 499 g/mol. The third-order valence-electron chi connectivity index (χ3n) is 5.65. The molecule has 32 heavy (non-hydrogen) atoms. The van der Waals surface area contributed by atoms with Gasteiger partial charge in [0.1, 0.15) is 5.65 Å². The molecule has 0 aliphatic rings. The van der Waals surface area contributed by atoms with Crippen LogP contribution in [0.5, 0.6) is 0 Å². The number of amides is 1. The van der Waals surface area contributed by atoms with E-state index in [2.05, 4.69) is 28.9 Å². The van der Waals surface area contributed by atoms with Crippen molar-refractivity contribution in [1.82, 2.24) is 9.55 Å². The Labute approximate surface area is 206 Å². The number of rotatable bonds is 6. The van der Waals surface area contributed by atoms with Crippen molar-refractivity contribution in [2.75, 3.05) is 11.9 Å². The molecule has 0 bridgehead atoms. The Hall–Kier alpha value is -2.09. The van der Waals surface area contributed by atoms with Crippen LogP contribution < -0.4 is 16.8 Å². The molecule has 0 saturated heterocycles. The zero-order valence-corrected chi connectivity index (χ0v) is 20.6. The molecule has 1 amide bonds. The molecule has 6 nitrogen and oxygen atoms in total. The standard InChI is InChI=1S/C23H27N5O.3ClH/c1-14-17-13-15(26-23(29)18(25)8-5-6-12-24)10-11-19(17)27-22-21(14)16-7-3-4-9-20(16)28(22)2;;;/h3-4,7,9-11,13,18H,5-6,8,12,24-25H2,1-2H3,(H,26,29);3*1H/t18-;;;/m0.../s1. The summed E-state index contributed by atoms with van der Waals surface area (Å²) >= 11 is 0. The maximum absolute atomic E-state index is 12.4. The van der Waals surface area contributed by atoms with E-state index in [1.54, 1.807) is 0 Å². The van der Waals surface area contributed by atoms with Crippen LogP contribution in [-0.2, 0) is 11.8 Å². The molecule has 1 atom stereocenters. The number of nitrogens with zero attached hydrogens (tertiary/aromatic N) is 2. The van der Waals surface area contributed by atoms with Crippen LogP contribution in [0.1, 0.15) is 24.8 Å². The third-order valence-corrected chi connectivity index (χ3v) is 5.65. The second kappa shape index (κ2) is 11.7. The normalized spacial score (nSPS) is 11.5. The average Bonchev–Trinajstić information content (AvgIpc) is 3.01. The van der Waals surface area contributed by atoms with Gasteiger partial charge in [-0.15, -0.1) is 37.2 Å². The first kappa shape index (κ1) is 27.9. The number of aromatic nitrogens is 2. The van der Waals surface area contributed by atoms with Crippen molar-refractivity contribution in [2.45, 2.75) is 32.2 Å². The van der Waals surface area contributed by atoms with Gasteiger partial charge in [0.05, 0.1) is 17.1 Å². The number of unbranched alkanes of at least 4 members (excludes halogenated alkanes) is 1. The quantitative estimate of drug-likeness (QED) is 0.331. The monoisotopic (exact) mass is 497 g/mol. The van der Waals surface area contributed by atoms with Crippen LogP contribution in [0.25, 0.3) is 32.8 Å². The Morgan fingerprint density at radius 2 is 1.81 bits per heavy atom. The number of carbonyl (C=O) groups excluding carboxylic acids is 1. The molecular weight excluding hydrogens is 469 g/mol. The number of hydrogen-bond donors (Lipinski definition) is 3. The molecule has 0 aliphatic carbocycles. The summed E-state index contributed by atoms with van der Waals surface area (Å²) in [6.45, 7) is 2.73. The fourth-order valence-corrected chi connectivity index (χ4v) is 4.02. The molecule has 0 spiro atoms. The van der Waals surface area contributed by atoms with E-state index in [0.29, 0.717) is 13.0 Å². The molecule has 2 aromatic carbocycles. The number of halogens is 3. The predicted molar refractivity (Wildman–Crippen MR) is 142 cm³/mol. The van der Waals surface area contributed by atoms with E-state index in [-0.39, 0.29) is 43.1 Å². The number of para-hydroxylation sites is 1. The number of pyridine rings is 1. The number of nitrogens with two attached hydrogens (primary N) is 2. The van der Waals surface area contributed by atoms with Gasteiger partial charge in [0.15, 0.2) is 0 Å². The lowest BCUT2D eigenvalue weighted by Gasteiger charge is -2.13. The number of benzene rings is 2. The van der Waals surface area contributed by atoms with Crippen molar-refractivity contribution in [3.63, 3.8) is 0 Å². The van der Waals surface area contributed by atoms with Crippen molar-refractivity contribution < 1.29 is 4.79 Å². The van der Waals surface area contributed by atoms with Crippen molar-refractivity contribution in [3.05, 3.63) is 48.0 Å². The summed E-state index contributed by atoms with van der Waals surface area (Å²) in [5, 5.41) is 6.32. The second-order valence-electron chi connectivity index (χ2n) is 7.62. The Balaban J connectivity index is 0.00000171. The molecule has 0 saturated carbocycles. The van der Waals surface area contributed by atoms with E-state index in [1.165, 1.54) is 5.39 Å². The van der Waals surface area contributed by atoms with Crippen molar-refractivity contribution in [1.29, 1.82) is 0 Å². The molecule has 4 aromatic rings. The number of fused-ring (bicyclic) bond motifs is 4. The van der Waals surface area contributed by atoms with Crippen molar-refractivity contribution >= 4 is 81.7 Å². The van der Waals surface area contributed by atoms with E-state index in [0.717, 1.165) is 51.5 Å². The van der Waals surface area contributed by atoms with E-state index in [9.17, 15) is 4.79 Å². The number of hydrogen-bond acceptors (Lipinski definition) is 4. The van der Waals surface area contributed by atoms with Crippen LogP contribution in [0.3, 0.4) is 0 Å². The molecule has 0 aliphatic heterocycles. The molecule has 2 heterocycles. The topological polar surface area (TPSA) is 99.0 Å². The summed E-state index contributed by atoms with van der Waals surface area (Å²) in [5.74, 6) is -0.168. The lowest BCUT2D eigenvalue weighted by Crippen LogP contribution is -2.35. The molecule has 9 heteroatoms. The fraction of sp³-hybridized carbons (Fsp3) is 0.304. The highest BCUT2D eigenvalue weighted by molar-refractivity contribution is 6.13. The van der Waals surface area contributed by atoms with Gasteiger partial charge in [0, 0.05) is 28.9 Å². The van der Waals surface area contributed by atoms with Gasteiger partial charge in [-0.3, -0.25) is 4.79 Å². The molecule has 0 radical (unpaired) electrons. The maximum atomic E-state index is 12.4. The number of nitrogens with one attached hydrogen (secondary N) is 1. The summed E-state index contributed by atoms with van der Waals surface area (Å²) in [6.07, 6.45) is 2.36. The zero-order valence-electron chi connectivity index (χ0n) is 18.1. The largest absolute Gasteiger partial charge is 0.330 e. The predicted octanol–water partition coefficient (Wildman–Crippen LogP) is 4.85. The van der Waals surface area contributed by atoms with Gasteiger partial charge in [-0.25, -0.2) is 4.98 Å². The zero-order chi connectivity index (χ0) is 20.5. The first-order valence-corrected chi connectivity index (χ1v) is 10.0. The fourth-order valence-electron chi connectivity index (χ4n) is 4.02. The molecule has 0 fully saturated rings. The molecule has 4 rings (SSSR count). The van der Waals surface area contributed by atoms with Gasteiger partial charge in [0.2, 0.25) is 5.91 Å². The van der Waals surface area contributed by atoms with Gasteiger partial charge in [-0.1, -0.05) is 24.6 Å². The highest BCUT2D eigenvalue weighted by Crippen LogP contribution is 2.34. The Morgan fingerprint density at radius 3 is 2.53 bits per heavy atom. The van der Waals surface area contributed by atoms with Crippen molar-refractivity contribution in [3.8, 4) is 0 Å². The van der Waals surface area contributed by atoms with E-state index in [1.807, 2.05) is 37.4 Å². The van der Waals surface area contributed by atoms with Gasteiger partial charge in [0.25, 0.3) is 0 Å². The minimum Gasteiger partial charge on any atom is -0.330 e. The molecule has 174 valence electrons. The summed E-state index contributed by atoms with van der Waals surface area (Å²) in [6, 6.07) is 13.6. The minimum atomic E-state index is -0.531. The molecular formula is C23H30Cl3N5O. The lowest BCUT2D eigenvalue weighted by atomic mass is 10.0. The Kier molecular flexibility index (Phi) is 10.2.